The van der Waals surface area contributed by atoms with Crippen molar-refractivity contribution in [2.75, 3.05) is 25.6 Å². The van der Waals surface area contributed by atoms with Gasteiger partial charge in [0.05, 0.1) is 25.0 Å². The van der Waals surface area contributed by atoms with Crippen LogP contribution >= 0.6 is 0 Å². The molecule has 0 saturated heterocycles. The number of hydrogen-bond donors (Lipinski definition) is 2. The van der Waals surface area contributed by atoms with Crippen LogP contribution in [0, 0.1) is 0 Å². The summed E-state index contributed by atoms with van der Waals surface area (Å²) in [6.45, 7) is 5.54. The second-order valence-electron chi connectivity index (χ2n) is 3.80. The maximum atomic E-state index is 11.5. The van der Waals surface area contributed by atoms with Gasteiger partial charge in [-0.2, -0.15) is 0 Å². The molecule has 0 spiro atoms. The highest BCUT2D eigenvalue weighted by Gasteiger charge is 2.18. The van der Waals surface area contributed by atoms with E-state index < -0.39 is 12.1 Å². The number of carbonyl (C=O) groups is 2. The highest BCUT2D eigenvalue weighted by Crippen LogP contribution is 2.33. The minimum atomic E-state index is -1.21. The van der Waals surface area contributed by atoms with Crippen LogP contribution in [0.2, 0.25) is 0 Å². The van der Waals surface area contributed by atoms with E-state index in [1.165, 1.54) is 25.3 Å². The van der Waals surface area contributed by atoms with E-state index in [0.29, 0.717) is 12.4 Å². The van der Waals surface area contributed by atoms with Gasteiger partial charge in [0.15, 0.2) is 11.5 Å². The predicted octanol–water partition coefficient (Wildman–Crippen LogP) is 2.53. The number of carbonyl (C=O) groups excluding carboxylic acids is 1. The standard InChI is InChI=1S/C14H17NO6/c1-4-6-21-14(18)15-10-8-11(19-3)12(20-5-2)7-9(10)13(16)17/h4,7-8H,1,5-6H2,2-3H3,(H,15,18)(H,16,17). The molecular formula is C14H17NO6. The largest absolute Gasteiger partial charge is 0.493 e. The number of rotatable bonds is 7. The number of carboxylic acids is 1. The lowest BCUT2D eigenvalue weighted by Crippen LogP contribution is -2.16. The van der Waals surface area contributed by atoms with Crippen LogP contribution in [0.3, 0.4) is 0 Å². The second-order valence-corrected chi connectivity index (χ2v) is 3.80. The lowest BCUT2D eigenvalue weighted by atomic mass is 10.1. The van der Waals surface area contributed by atoms with Crippen LogP contribution in [0.5, 0.6) is 11.5 Å². The smallest absolute Gasteiger partial charge is 0.411 e. The molecule has 0 fully saturated rings. The van der Waals surface area contributed by atoms with E-state index in [4.69, 9.17) is 14.2 Å². The van der Waals surface area contributed by atoms with Gasteiger partial charge >= 0.3 is 12.1 Å². The molecule has 7 heteroatoms. The van der Waals surface area contributed by atoms with E-state index in [-0.39, 0.29) is 23.6 Å². The number of carboxylic acid groups (broad SMARTS) is 1. The summed E-state index contributed by atoms with van der Waals surface area (Å²) < 4.78 is 15.2. The van der Waals surface area contributed by atoms with Crippen LogP contribution < -0.4 is 14.8 Å². The Morgan fingerprint density at radius 2 is 2.10 bits per heavy atom. The molecule has 0 atom stereocenters. The number of methoxy groups -OCH3 is 1. The quantitative estimate of drug-likeness (QED) is 0.751. The number of ether oxygens (including phenoxy) is 3. The maximum Gasteiger partial charge on any atom is 0.411 e. The van der Waals surface area contributed by atoms with Gasteiger partial charge in [-0.1, -0.05) is 12.7 Å². The van der Waals surface area contributed by atoms with Crippen LogP contribution in [0.4, 0.5) is 10.5 Å². The molecule has 1 aromatic carbocycles. The summed E-state index contributed by atoms with van der Waals surface area (Å²) in [5.41, 5.74) is -0.0772. The van der Waals surface area contributed by atoms with Crippen molar-refractivity contribution in [3.63, 3.8) is 0 Å². The van der Waals surface area contributed by atoms with Gasteiger partial charge in [-0.15, -0.1) is 0 Å². The van der Waals surface area contributed by atoms with Crippen molar-refractivity contribution in [1.82, 2.24) is 0 Å². The molecule has 0 saturated carbocycles. The van der Waals surface area contributed by atoms with Gasteiger partial charge in [0.1, 0.15) is 6.61 Å². The monoisotopic (exact) mass is 295 g/mol. The van der Waals surface area contributed by atoms with Gasteiger partial charge in [-0.05, 0) is 6.92 Å². The maximum absolute atomic E-state index is 11.5. The van der Waals surface area contributed by atoms with E-state index in [1.54, 1.807) is 6.92 Å². The first-order valence-electron chi connectivity index (χ1n) is 6.16. The van der Waals surface area contributed by atoms with E-state index in [0.717, 1.165) is 0 Å². The van der Waals surface area contributed by atoms with E-state index >= 15 is 0 Å². The third-order valence-electron chi connectivity index (χ3n) is 2.40. The third kappa shape index (κ3) is 4.41. The average molecular weight is 295 g/mol. The zero-order valence-electron chi connectivity index (χ0n) is 11.8. The first kappa shape index (κ1) is 16.4. The zero-order valence-corrected chi connectivity index (χ0v) is 11.8. The summed E-state index contributed by atoms with van der Waals surface area (Å²) in [5.74, 6) is -0.624. The number of anilines is 1. The Morgan fingerprint density at radius 3 is 2.62 bits per heavy atom. The summed E-state index contributed by atoms with van der Waals surface area (Å²) in [6, 6.07) is 2.65. The molecule has 0 aromatic heterocycles. The molecule has 0 aliphatic rings. The Bertz CT molecular complexity index is 541. The highest BCUT2D eigenvalue weighted by molar-refractivity contribution is 5.99. The third-order valence-corrected chi connectivity index (χ3v) is 2.40. The van der Waals surface area contributed by atoms with Gasteiger partial charge in [0, 0.05) is 12.1 Å². The Labute approximate surface area is 122 Å². The molecule has 0 aliphatic heterocycles. The van der Waals surface area contributed by atoms with Gasteiger partial charge in [-0.25, -0.2) is 9.59 Å². The molecule has 0 radical (unpaired) electrons. The molecule has 1 amide bonds. The van der Waals surface area contributed by atoms with Gasteiger partial charge in [0.2, 0.25) is 0 Å². The summed E-state index contributed by atoms with van der Waals surface area (Å²) in [7, 11) is 1.41. The Balaban J connectivity index is 3.13. The number of benzene rings is 1. The summed E-state index contributed by atoms with van der Waals surface area (Å²) in [4.78, 5) is 22.8. The lowest BCUT2D eigenvalue weighted by Gasteiger charge is -2.14. The van der Waals surface area contributed by atoms with E-state index in [2.05, 4.69) is 11.9 Å². The number of nitrogens with one attached hydrogen (secondary N) is 1. The molecular weight excluding hydrogens is 278 g/mol. The summed E-state index contributed by atoms with van der Waals surface area (Å²) in [6.07, 6.45) is 0.611. The first-order valence-corrected chi connectivity index (χ1v) is 6.16. The van der Waals surface area contributed by atoms with Crippen LogP contribution in [-0.2, 0) is 4.74 Å². The van der Waals surface area contributed by atoms with Crippen molar-refractivity contribution < 1.29 is 28.9 Å². The van der Waals surface area contributed by atoms with Crippen LogP contribution in [-0.4, -0.2) is 37.5 Å². The molecule has 0 unspecified atom stereocenters. The first-order chi connectivity index (χ1) is 10.0. The SMILES string of the molecule is C=CCOC(=O)Nc1cc(OC)c(OCC)cc1C(=O)O. The Hall–Kier alpha value is -2.70. The van der Waals surface area contributed by atoms with Crippen molar-refractivity contribution in [3.05, 3.63) is 30.4 Å². The highest BCUT2D eigenvalue weighted by atomic mass is 16.5. The normalized spacial score (nSPS) is 9.62. The average Bonchev–Trinajstić information content (AvgIpc) is 2.46. The molecule has 0 aliphatic carbocycles. The molecule has 21 heavy (non-hydrogen) atoms. The number of aromatic carboxylic acids is 1. The second kappa shape index (κ2) is 7.78. The fraction of sp³-hybridized carbons (Fsp3) is 0.286. The Kier molecular flexibility index (Phi) is 6.06. The van der Waals surface area contributed by atoms with Crippen LogP contribution in [0.25, 0.3) is 0 Å². The van der Waals surface area contributed by atoms with Crippen LogP contribution in [0.15, 0.2) is 24.8 Å². The van der Waals surface area contributed by atoms with Gasteiger partial charge < -0.3 is 19.3 Å². The molecule has 0 bridgehead atoms. The number of amides is 1. The molecule has 1 rings (SSSR count). The minimum absolute atomic E-state index is 0.0163. The lowest BCUT2D eigenvalue weighted by molar-refractivity contribution is 0.0697. The minimum Gasteiger partial charge on any atom is -0.493 e. The fourth-order valence-corrected chi connectivity index (χ4v) is 1.55. The zero-order chi connectivity index (χ0) is 15.8. The van der Waals surface area contributed by atoms with E-state index in [1.807, 2.05) is 0 Å². The molecule has 7 nitrogen and oxygen atoms in total. The van der Waals surface area contributed by atoms with E-state index in [9.17, 15) is 14.7 Å². The van der Waals surface area contributed by atoms with Crippen molar-refractivity contribution >= 4 is 17.7 Å². The molecule has 0 heterocycles. The van der Waals surface area contributed by atoms with Crippen LogP contribution in [0.1, 0.15) is 17.3 Å². The summed E-state index contributed by atoms with van der Waals surface area (Å²) in [5, 5.41) is 11.6. The van der Waals surface area contributed by atoms with Gasteiger partial charge in [0.25, 0.3) is 0 Å². The topological polar surface area (TPSA) is 94.1 Å². The van der Waals surface area contributed by atoms with Crippen molar-refractivity contribution in [1.29, 1.82) is 0 Å². The van der Waals surface area contributed by atoms with Crippen molar-refractivity contribution in [2.45, 2.75) is 6.92 Å². The van der Waals surface area contributed by atoms with Gasteiger partial charge in [-0.3, -0.25) is 5.32 Å². The predicted molar refractivity (Wildman–Crippen MR) is 76.3 cm³/mol. The molecule has 114 valence electrons. The Morgan fingerprint density at radius 1 is 1.38 bits per heavy atom. The number of hydrogen-bond acceptors (Lipinski definition) is 5. The van der Waals surface area contributed by atoms with Crippen molar-refractivity contribution in [2.24, 2.45) is 0 Å². The molecule has 2 N–H and O–H groups in total. The molecule has 1 aromatic rings. The summed E-state index contributed by atoms with van der Waals surface area (Å²) >= 11 is 0. The fourth-order valence-electron chi connectivity index (χ4n) is 1.55. The van der Waals surface area contributed by atoms with Crippen molar-refractivity contribution in [3.8, 4) is 11.5 Å².